The Morgan fingerprint density at radius 3 is 2.52 bits per heavy atom. The molecule has 0 unspecified atom stereocenters. The number of nitrogens with one attached hydrogen (secondary N) is 1. The van der Waals surface area contributed by atoms with Gasteiger partial charge < -0.3 is 10.1 Å². The van der Waals surface area contributed by atoms with Crippen molar-refractivity contribution in [3.8, 4) is 5.75 Å². The number of rotatable bonds is 7. The zero-order chi connectivity index (χ0) is 19.3. The van der Waals surface area contributed by atoms with Crippen molar-refractivity contribution in [2.24, 2.45) is 0 Å². The average Bonchev–Trinajstić information content (AvgIpc) is 3.22. The Kier molecular flexibility index (Phi) is 6.36. The van der Waals surface area contributed by atoms with Gasteiger partial charge in [-0.2, -0.15) is 4.31 Å². The van der Waals surface area contributed by atoms with E-state index < -0.39 is 10.0 Å². The molecule has 1 aliphatic heterocycles. The maximum Gasteiger partial charge on any atom is 0.251 e. The van der Waals surface area contributed by atoms with E-state index in [2.05, 4.69) is 5.32 Å². The van der Waals surface area contributed by atoms with Crippen LogP contribution >= 0.6 is 11.6 Å². The predicted octanol–water partition coefficient (Wildman–Crippen LogP) is 2.93. The molecule has 2 aromatic carbocycles. The van der Waals surface area contributed by atoms with E-state index >= 15 is 0 Å². The lowest BCUT2D eigenvalue weighted by atomic mass is 10.2. The Morgan fingerprint density at radius 1 is 1.11 bits per heavy atom. The number of nitrogens with zero attached hydrogens (tertiary/aromatic N) is 1. The molecule has 0 aliphatic carbocycles. The molecule has 6 nitrogen and oxygen atoms in total. The summed E-state index contributed by atoms with van der Waals surface area (Å²) in [5.41, 5.74) is 0.247. The van der Waals surface area contributed by atoms with Crippen LogP contribution in [-0.4, -0.2) is 44.9 Å². The van der Waals surface area contributed by atoms with E-state index in [0.29, 0.717) is 26.2 Å². The smallest absolute Gasteiger partial charge is 0.251 e. The maximum atomic E-state index is 12.7. The Balaban J connectivity index is 1.63. The van der Waals surface area contributed by atoms with Gasteiger partial charge in [0.05, 0.1) is 11.6 Å². The van der Waals surface area contributed by atoms with Crippen LogP contribution in [0.1, 0.15) is 23.2 Å². The van der Waals surface area contributed by atoms with Crippen molar-refractivity contribution in [2.75, 3.05) is 26.2 Å². The Labute approximate surface area is 164 Å². The zero-order valence-corrected chi connectivity index (χ0v) is 16.3. The van der Waals surface area contributed by atoms with Crippen LogP contribution in [0.25, 0.3) is 0 Å². The van der Waals surface area contributed by atoms with Crippen LogP contribution in [0.2, 0.25) is 5.02 Å². The molecular formula is C19H21ClN2O4S. The quantitative estimate of drug-likeness (QED) is 0.714. The number of carbonyl (C=O) groups is 1. The maximum absolute atomic E-state index is 12.7. The van der Waals surface area contributed by atoms with Crippen molar-refractivity contribution in [1.82, 2.24) is 9.62 Å². The summed E-state index contributed by atoms with van der Waals surface area (Å²) in [7, 11) is -3.69. The van der Waals surface area contributed by atoms with Gasteiger partial charge in [0.2, 0.25) is 10.0 Å². The normalized spacial score (nSPS) is 14.9. The molecule has 2 aromatic rings. The molecule has 0 aromatic heterocycles. The van der Waals surface area contributed by atoms with Crippen LogP contribution < -0.4 is 10.1 Å². The van der Waals surface area contributed by atoms with Gasteiger partial charge in [-0.3, -0.25) is 4.79 Å². The van der Waals surface area contributed by atoms with Crippen molar-refractivity contribution < 1.29 is 17.9 Å². The van der Waals surface area contributed by atoms with Gasteiger partial charge >= 0.3 is 0 Å². The van der Waals surface area contributed by atoms with Gasteiger partial charge in [0, 0.05) is 18.7 Å². The minimum atomic E-state index is -3.69. The summed E-state index contributed by atoms with van der Waals surface area (Å²) in [4.78, 5) is 12.3. The van der Waals surface area contributed by atoms with E-state index in [1.165, 1.54) is 22.5 Å². The second-order valence-corrected chi connectivity index (χ2v) is 8.49. The summed E-state index contributed by atoms with van der Waals surface area (Å²) in [6.07, 6.45) is 1.66. The first kappa shape index (κ1) is 19.7. The monoisotopic (exact) mass is 408 g/mol. The molecule has 1 saturated heterocycles. The second kappa shape index (κ2) is 8.73. The van der Waals surface area contributed by atoms with E-state index in [-0.39, 0.29) is 21.4 Å². The molecule has 0 spiro atoms. The second-order valence-electron chi connectivity index (χ2n) is 6.17. The van der Waals surface area contributed by atoms with E-state index in [9.17, 15) is 13.2 Å². The summed E-state index contributed by atoms with van der Waals surface area (Å²) < 4.78 is 32.4. The van der Waals surface area contributed by atoms with E-state index in [1.807, 2.05) is 30.3 Å². The molecule has 8 heteroatoms. The Hall–Kier alpha value is -2.09. The third-order valence-corrected chi connectivity index (χ3v) is 6.66. The van der Waals surface area contributed by atoms with Crippen LogP contribution in [0, 0.1) is 0 Å². The molecular weight excluding hydrogens is 388 g/mol. The first-order valence-electron chi connectivity index (χ1n) is 8.74. The van der Waals surface area contributed by atoms with Crippen LogP contribution in [0.4, 0.5) is 0 Å². The van der Waals surface area contributed by atoms with Gasteiger partial charge in [-0.15, -0.1) is 0 Å². The molecule has 3 rings (SSSR count). The molecule has 1 aliphatic rings. The highest BCUT2D eigenvalue weighted by Gasteiger charge is 2.29. The van der Waals surface area contributed by atoms with Gasteiger partial charge in [-0.25, -0.2) is 8.42 Å². The van der Waals surface area contributed by atoms with Crippen molar-refractivity contribution in [1.29, 1.82) is 0 Å². The lowest BCUT2D eigenvalue weighted by Gasteiger charge is -2.17. The molecule has 27 heavy (non-hydrogen) atoms. The SMILES string of the molecule is O=C(NCCOc1ccccc1)c1ccc(Cl)c(S(=O)(=O)N2CCCC2)c1. The van der Waals surface area contributed by atoms with Crippen LogP contribution in [0.15, 0.2) is 53.4 Å². The standard InChI is InChI=1S/C19H21ClN2O4S/c20-17-9-8-15(14-18(17)27(24,25)22-11-4-5-12-22)19(23)21-10-13-26-16-6-2-1-3-7-16/h1-3,6-9,14H,4-5,10-13H2,(H,21,23). The minimum absolute atomic E-state index is 0.0285. The van der Waals surface area contributed by atoms with Crippen LogP contribution in [0.5, 0.6) is 5.75 Å². The first-order chi connectivity index (χ1) is 13.0. The van der Waals surface area contributed by atoms with E-state index in [0.717, 1.165) is 18.6 Å². The molecule has 144 valence electrons. The van der Waals surface area contributed by atoms with Gasteiger partial charge in [-0.1, -0.05) is 29.8 Å². The first-order valence-corrected chi connectivity index (χ1v) is 10.6. The number of hydrogen-bond acceptors (Lipinski definition) is 4. The molecule has 0 atom stereocenters. The summed E-state index contributed by atoms with van der Waals surface area (Å²) in [6.45, 7) is 1.56. The molecule has 0 bridgehead atoms. The fraction of sp³-hybridized carbons (Fsp3) is 0.316. The lowest BCUT2D eigenvalue weighted by molar-refractivity contribution is 0.0947. The molecule has 1 amide bonds. The summed E-state index contributed by atoms with van der Waals surface area (Å²) >= 11 is 6.10. The zero-order valence-electron chi connectivity index (χ0n) is 14.7. The van der Waals surface area contributed by atoms with E-state index in [4.69, 9.17) is 16.3 Å². The Morgan fingerprint density at radius 2 is 1.81 bits per heavy atom. The number of para-hydroxylation sites is 1. The van der Waals surface area contributed by atoms with Crippen molar-refractivity contribution >= 4 is 27.5 Å². The molecule has 1 heterocycles. The number of halogens is 1. The third-order valence-electron chi connectivity index (χ3n) is 4.28. The van der Waals surface area contributed by atoms with Crippen molar-refractivity contribution in [2.45, 2.75) is 17.7 Å². The molecule has 1 N–H and O–H groups in total. The third kappa shape index (κ3) is 4.80. The van der Waals surface area contributed by atoms with Gasteiger partial charge in [-0.05, 0) is 43.2 Å². The highest BCUT2D eigenvalue weighted by atomic mass is 35.5. The molecule has 0 saturated carbocycles. The highest BCUT2D eigenvalue weighted by molar-refractivity contribution is 7.89. The van der Waals surface area contributed by atoms with Crippen molar-refractivity contribution in [3.05, 3.63) is 59.1 Å². The molecule has 0 radical (unpaired) electrons. The van der Waals surface area contributed by atoms with Crippen molar-refractivity contribution in [3.63, 3.8) is 0 Å². The fourth-order valence-electron chi connectivity index (χ4n) is 2.86. The largest absolute Gasteiger partial charge is 0.492 e. The minimum Gasteiger partial charge on any atom is -0.492 e. The highest BCUT2D eigenvalue weighted by Crippen LogP contribution is 2.28. The van der Waals surface area contributed by atoms with Crippen LogP contribution in [0.3, 0.4) is 0 Å². The predicted molar refractivity (Wildman–Crippen MR) is 104 cm³/mol. The Bertz CT molecular complexity index is 897. The lowest BCUT2D eigenvalue weighted by Crippen LogP contribution is -2.30. The average molecular weight is 409 g/mol. The number of carbonyl (C=O) groups excluding carboxylic acids is 1. The van der Waals surface area contributed by atoms with Gasteiger partial charge in [0.1, 0.15) is 17.3 Å². The number of amides is 1. The summed E-state index contributed by atoms with van der Waals surface area (Å²) in [5, 5.41) is 2.84. The van der Waals surface area contributed by atoms with E-state index in [1.54, 1.807) is 0 Å². The number of ether oxygens (including phenoxy) is 1. The summed E-state index contributed by atoms with van der Waals surface area (Å²) in [5.74, 6) is 0.346. The molecule has 1 fully saturated rings. The number of sulfonamides is 1. The number of benzene rings is 2. The van der Waals surface area contributed by atoms with Gasteiger partial charge in [0.25, 0.3) is 5.91 Å². The van der Waals surface area contributed by atoms with Crippen LogP contribution in [-0.2, 0) is 10.0 Å². The number of hydrogen-bond donors (Lipinski definition) is 1. The fourth-order valence-corrected chi connectivity index (χ4v) is 4.88. The topological polar surface area (TPSA) is 75.7 Å². The van der Waals surface area contributed by atoms with Gasteiger partial charge in [0.15, 0.2) is 0 Å². The summed E-state index contributed by atoms with van der Waals surface area (Å²) in [6, 6.07) is 13.6.